The van der Waals surface area contributed by atoms with E-state index in [1.165, 1.54) is 18.2 Å². The van der Waals surface area contributed by atoms with E-state index in [1.54, 1.807) is 0 Å². The molecule has 0 amide bonds. The highest BCUT2D eigenvalue weighted by molar-refractivity contribution is 5.77. The first-order valence-corrected chi connectivity index (χ1v) is 4.44. The summed E-state index contributed by atoms with van der Waals surface area (Å²) < 4.78 is 12.9. The van der Waals surface area contributed by atoms with Crippen molar-refractivity contribution in [2.24, 2.45) is 0 Å². The van der Waals surface area contributed by atoms with Crippen LogP contribution in [0.4, 0.5) is 4.39 Å². The molecule has 0 aliphatic carbocycles. The van der Waals surface area contributed by atoms with Gasteiger partial charge in [-0.2, -0.15) is 0 Å². The Morgan fingerprint density at radius 3 is 2.56 bits per heavy atom. The summed E-state index contributed by atoms with van der Waals surface area (Å²) >= 11 is 0. The van der Waals surface area contributed by atoms with Crippen LogP contribution in [-0.4, -0.2) is 28.7 Å². The Hall–Kier alpha value is -1.95. The highest BCUT2D eigenvalue weighted by Gasteiger charge is 2.20. The van der Waals surface area contributed by atoms with E-state index in [1.807, 2.05) is 0 Å². The first-order chi connectivity index (χ1) is 7.50. The number of carbonyl (C=O) groups is 2. The maximum Gasteiger partial charge on any atom is 0.325 e. The number of halogens is 1. The molecule has 0 fully saturated rings. The molecule has 1 aromatic rings. The molecule has 86 valence electrons. The van der Waals surface area contributed by atoms with Gasteiger partial charge in [0.05, 0.1) is 6.54 Å². The lowest BCUT2D eigenvalue weighted by molar-refractivity contribution is -0.140. The standard InChI is InChI=1S/C10H10FNO4/c11-7-3-1-2-6(4-7)9(10(15)16)12-5-8(13)14/h1-4,9,12H,5H2,(H,13,14)(H,15,16). The number of rotatable bonds is 5. The lowest BCUT2D eigenvalue weighted by Gasteiger charge is -2.13. The monoisotopic (exact) mass is 227 g/mol. The number of hydrogen-bond acceptors (Lipinski definition) is 3. The van der Waals surface area contributed by atoms with Crippen LogP contribution in [0.1, 0.15) is 11.6 Å². The van der Waals surface area contributed by atoms with E-state index in [-0.39, 0.29) is 5.56 Å². The lowest BCUT2D eigenvalue weighted by atomic mass is 10.1. The number of carboxylic acids is 2. The van der Waals surface area contributed by atoms with Gasteiger partial charge >= 0.3 is 11.9 Å². The van der Waals surface area contributed by atoms with Crippen molar-refractivity contribution in [3.63, 3.8) is 0 Å². The van der Waals surface area contributed by atoms with Gasteiger partial charge in [-0.05, 0) is 17.7 Å². The summed E-state index contributed by atoms with van der Waals surface area (Å²) in [4.78, 5) is 21.1. The molecule has 1 aromatic carbocycles. The highest BCUT2D eigenvalue weighted by atomic mass is 19.1. The van der Waals surface area contributed by atoms with Crippen LogP contribution in [-0.2, 0) is 9.59 Å². The molecule has 6 heteroatoms. The van der Waals surface area contributed by atoms with Gasteiger partial charge in [0.15, 0.2) is 0 Å². The van der Waals surface area contributed by atoms with Gasteiger partial charge < -0.3 is 10.2 Å². The van der Waals surface area contributed by atoms with Gasteiger partial charge in [0, 0.05) is 0 Å². The number of carboxylic acid groups (broad SMARTS) is 2. The van der Waals surface area contributed by atoms with Gasteiger partial charge in [0.1, 0.15) is 11.9 Å². The molecule has 0 heterocycles. The van der Waals surface area contributed by atoms with Crippen LogP contribution in [0.15, 0.2) is 24.3 Å². The Labute approximate surface area is 90.5 Å². The molecule has 0 aromatic heterocycles. The minimum Gasteiger partial charge on any atom is -0.480 e. The number of benzene rings is 1. The summed E-state index contributed by atoms with van der Waals surface area (Å²) in [6, 6.07) is 3.78. The molecule has 0 saturated heterocycles. The minimum atomic E-state index is -1.26. The molecule has 0 aliphatic rings. The predicted octanol–water partition coefficient (Wildman–Crippen LogP) is 0.626. The Kier molecular flexibility index (Phi) is 3.96. The molecule has 0 spiro atoms. The molecular weight excluding hydrogens is 217 g/mol. The normalized spacial score (nSPS) is 12.1. The van der Waals surface area contributed by atoms with E-state index >= 15 is 0 Å². The van der Waals surface area contributed by atoms with E-state index in [0.717, 1.165) is 6.07 Å². The molecule has 1 rings (SSSR count). The zero-order chi connectivity index (χ0) is 12.1. The van der Waals surface area contributed by atoms with Crippen molar-refractivity contribution < 1.29 is 24.2 Å². The third-order valence-electron chi connectivity index (χ3n) is 1.89. The Morgan fingerprint density at radius 1 is 1.38 bits per heavy atom. The second-order valence-electron chi connectivity index (χ2n) is 3.10. The average molecular weight is 227 g/mol. The molecule has 16 heavy (non-hydrogen) atoms. The second-order valence-corrected chi connectivity index (χ2v) is 3.10. The maximum atomic E-state index is 12.9. The molecule has 1 atom stereocenters. The summed E-state index contributed by atoms with van der Waals surface area (Å²) in [7, 11) is 0. The van der Waals surface area contributed by atoms with Crippen LogP contribution in [0.3, 0.4) is 0 Å². The summed E-state index contributed by atoms with van der Waals surface area (Å²) in [6.07, 6.45) is 0. The fourth-order valence-electron chi connectivity index (χ4n) is 1.22. The second kappa shape index (κ2) is 5.22. The van der Waals surface area contributed by atoms with Crippen LogP contribution in [0.2, 0.25) is 0 Å². The number of nitrogens with one attached hydrogen (secondary N) is 1. The first-order valence-electron chi connectivity index (χ1n) is 4.44. The van der Waals surface area contributed by atoms with Crippen molar-refractivity contribution in [3.8, 4) is 0 Å². The summed E-state index contributed by atoms with van der Waals surface area (Å²) in [5.41, 5.74) is 0.175. The molecule has 3 N–H and O–H groups in total. The molecule has 0 bridgehead atoms. The fraction of sp³-hybridized carbons (Fsp3) is 0.200. The van der Waals surface area contributed by atoms with E-state index in [2.05, 4.69) is 5.32 Å². The highest BCUT2D eigenvalue weighted by Crippen LogP contribution is 2.14. The quantitative estimate of drug-likeness (QED) is 0.686. The summed E-state index contributed by atoms with van der Waals surface area (Å²) in [6.45, 7) is -0.506. The number of aliphatic carboxylic acids is 2. The van der Waals surface area contributed by atoms with Gasteiger partial charge in [-0.3, -0.25) is 14.9 Å². The summed E-state index contributed by atoms with van der Waals surface area (Å²) in [5, 5.41) is 19.6. The minimum absolute atomic E-state index is 0.175. The van der Waals surface area contributed by atoms with Gasteiger partial charge in [0.2, 0.25) is 0 Å². The zero-order valence-electron chi connectivity index (χ0n) is 8.18. The first kappa shape index (κ1) is 12.1. The van der Waals surface area contributed by atoms with Gasteiger partial charge in [-0.15, -0.1) is 0 Å². The molecule has 0 saturated carbocycles. The van der Waals surface area contributed by atoms with Crippen molar-refractivity contribution >= 4 is 11.9 Å². The zero-order valence-corrected chi connectivity index (χ0v) is 8.18. The van der Waals surface area contributed by atoms with Crippen molar-refractivity contribution in [1.29, 1.82) is 0 Å². The van der Waals surface area contributed by atoms with Crippen molar-refractivity contribution in [1.82, 2.24) is 5.32 Å². The van der Waals surface area contributed by atoms with Crippen LogP contribution < -0.4 is 5.32 Å². The van der Waals surface area contributed by atoms with Crippen molar-refractivity contribution in [2.75, 3.05) is 6.54 Å². The predicted molar refractivity (Wildman–Crippen MR) is 52.4 cm³/mol. The smallest absolute Gasteiger partial charge is 0.325 e. The third-order valence-corrected chi connectivity index (χ3v) is 1.89. The molecule has 5 nitrogen and oxygen atoms in total. The Balaban J connectivity index is 2.85. The maximum absolute atomic E-state index is 12.9. The largest absolute Gasteiger partial charge is 0.480 e. The molecule has 1 unspecified atom stereocenters. The van der Waals surface area contributed by atoms with Crippen LogP contribution in [0.5, 0.6) is 0 Å². The Bertz CT molecular complexity index is 408. The van der Waals surface area contributed by atoms with Gasteiger partial charge in [-0.25, -0.2) is 4.39 Å². The fourth-order valence-corrected chi connectivity index (χ4v) is 1.22. The van der Waals surface area contributed by atoms with Crippen LogP contribution in [0, 0.1) is 5.82 Å². The molecule has 0 aliphatic heterocycles. The topological polar surface area (TPSA) is 86.6 Å². The van der Waals surface area contributed by atoms with E-state index in [0.29, 0.717) is 0 Å². The van der Waals surface area contributed by atoms with Gasteiger partial charge in [-0.1, -0.05) is 12.1 Å². The number of hydrogen-bond donors (Lipinski definition) is 3. The molecular formula is C10H10FNO4. The van der Waals surface area contributed by atoms with E-state index in [4.69, 9.17) is 10.2 Å². The van der Waals surface area contributed by atoms with Gasteiger partial charge in [0.25, 0.3) is 0 Å². The average Bonchev–Trinajstić information content (AvgIpc) is 2.17. The van der Waals surface area contributed by atoms with Crippen molar-refractivity contribution in [3.05, 3.63) is 35.6 Å². The van der Waals surface area contributed by atoms with E-state index in [9.17, 15) is 14.0 Å². The Morgan fingerprint density at radius 2 is 2.06 bits per heavy atom. The molecule has 0 radical (unpaired) electrons. The SMILES string of the molecule is O=C(O)CNC(C(=O)O)c1cccc(F)c1. The lowest BCUT2D eigenvalue weighted by Crippen LogP contribution is -2.32. The van der Waals surface area contributed by atoms with Crippen LogP contribution in [0.25, 0.3) is 0 Å². The third kappa shape index (κ3) is 3.32. The van der Waals surface area contributed by atoms with Crippen molar-refractivity contribution in [2.45, 2.75) is 6.04 Å². The summed E-state index contributed by atoms with van der Waals surface area (Å²) in [5.74, 6) is -3.00. The van der Waals surface area contributed by atoms with E-state index < -0.39 is 30.3 Å². The van der Waals surface area contributed by atoms with Crippen LogP contribution >= 0.6 is 0 Å².